The molecule has 2 aliphatic rings. The highest BCUT2D eigenvalue weighted by Gasteiger charge is 2.29. The number of rotatable bonds is 4. The molecule has 26 heavy (non-hydrogen) atoms. The van der Waals surface area contributed by atoms with Crippen molar-refractivity contribution in [1.82, 2.24) is 15.2 Å². The lowest BCUT2D eigenvalue weighted by molar-refractivity contribution is -0.121. The van der Waals surface area contributed by atoms with Gasteiger partial charge in [-0.25, -0.2) is 0 Å². The van der Waals surface area contributed by atoms with E-state index in [0.29, 0.717) is 18.3 Å². The third kappa shape index (κ3) is 3.43. The fourth-order valence-corrected chi connectivity index (χ4v) is 3.84. The van der Waals surface area contributed by atoms with E-state index in [4.69, 9.17) is 4.98 Å². The number of nitrogens with zero attached hydrogens (tertiary/aromatic N) is 2. The van der Waals surface area contributed by atoms with E-state index in [9.17, 15) is 9.59 Å². The van der Waals surface area contributed by atoms with E-state index in [1.165, 1.54) is 12.8 Å². The van der Waals surface area contributed by atoms with E-state index in [1.54, 1.807) is 7.05 Å². The van der Waals surface area contributed by atoms with Crippen LogP contribution in [0.5, 0.6) is 0 Å². The number of fused-ring (bicyclic) bond motifs is 1. The van der Waals surface area contributed by atoms with Gasteiger partial charge in [0.05, 0.1) is 11.1 Å². The number of pyridine rings is 1. The average Bonchev–Trinajstić information content (AvgIpc) is 3.52. The van der Waals surface area contributed by atoms with E-state index in [-0.39, 0.29) is 11.8 Å². The lowest BCUT2D eigenvalue weighted by Gasteiger charge is -2.32. The maximum atomic E-state index is 13.2. The Hall–Kier alpha value is -2.43. The standard InChI is InChI=1S/C21H25N3O2/c1-22-20(25)12-14-8-10-24(11-9-14)21(26)17-13-19(15-6-7-15)23-18-5-3-2-4-16(17)18/h2-5,13-15H,6-12H2,1H3,(H,22,25). The number of carbonyl (C=O) groups is 2. The van der Waals surface area contributed by atoms with Gasteiger partial charge in [0.15, 0.2) is 0 Å². The molecule has 4 rings (SSSR count). The molecule has 2 heterocycles. The molecule has 136 valence electrons. The normalized spacial score (nSPS) is 18.1. The predicted octanol–water partition coefficient (Wildman–Crippen LogP) is 3.10. The molecular formula is C21H25N3O2. The SMILES string of the molecule is CNC(=O)CC1CCN(C(=O)c2cc(C3CC3)nc3ccccc23)CC1. The van der Waals surface area contributed by atoms with Gasteiger partial charge in [-0.2, -0.15) is 0 Å². The number of hydrogen-bond acceptors (Lipinski definition) is 3. The summed E-state index contributed by atoms with van der Waals surface area (Å²) < 4.78 is 0. The molecule has 1 aromatic carbocycles. The second kappa shape index (κ2) is 7.06. The summed E-state index contributed by atoms with van der Waals surface area (Å²) in [5, 5.41) is 3.63. The van der Waals surface area contributed by atoms with E-state index >= 15 is 0 Å². The Morgan fingerprint density at radius 3 is 2.58 bits per heavy atom. The topological polar surface area (TPSA) is 62.3 Å². The van der Waals surface area contributed by atoms with E-state index in [2.05, 4.69) is 5.32 Å². The zero-order valence-electron chi connectivity index (χ0n) is 15.2. The molecule has 2 aromatic rings. The Labute approximate surface area is 153 Å². The first kappa shape index (κ1) is 17.0. The molecule has 2 fully saturated rings. The summed E-state index contributed by atoms with van der Waals surface area (Å²) in [6.07, 6.45) is 4.67. The largest absolute Gasteiger partial charge is 0.359 e. The molecule has 5 nitrogen and oxygen atoms in total. The molecule has 0 unspecified atom stereocenters. The maximum absolute atomic E-state index is 13.2. The zero-order valence-corrected chi connectivity index (χ0v) is 15.2. The smallest absolute Gasteiger partial charge is 0.254 e. The molecule has 1 aliphatic heterocycles. The number of nitrogens with one attached hydrogen (secondary N) is 1. The summed E-state index contributed by atoms with van der Waals surface area (Å²) in [4.78, 5) is 31.5. The van der Waals surface area contributed by atoms with Crippen molar-refractivity contribution in [1.29, 1.82) is 0 Å². The average molecular weight is 351 g/mol. The quantitative estimate of drug-likeness (QED) is 0.921. The van der Waals surface area contributed by atoms with Crippen LogP contribution < -0.4 is 5.32 Å². The van der Waals surface area contributed by atoms with Crippen molar-refractivity contribution in [3.8, 4) is 0 Å². The van der Waals surface area contributed by atoms with Crippen LogP contribution in [0.15, 0.2) is 30.3 Å². The van der Waals surface area contributed by atoms with Crippen molar-refractivity contribution in [3.63, 3.8) is 0 Å². The van der Waals surface area contributed by atoms with E-state index < -0.39 is 0 Å². The summed E-state index contributed by atoms with van der Waals surface area (Å²) in [5.41, 5.74) is 2.75. The Morgan fingerprint density at radius 1 is 1.15 bits per heavy atom. The molecular weight excluding hydrogens is 326 g/mol. The van der Waals surface area contributed by atoms with Gasteiger partial charge in [0, 0.05) is 43.6 Å². The highest BCUT2D eigenvalue weighted by molar-refractivity contribution is 6.06. The fourth-order valence-electron chi connectivity index (χ4n) is 3.84. The van der Waals surface area contributed by atoms with Crippen LogP contribution in [0, 0.1) is 5.92 Å². The van der Waals surface area contributed by atoms with Gasteiger partial charge in [-0.15, -0.1) is 0 Å². The number of amides is 2. The van der Waals surface area contributed by atoms with Crippen LogP contribution in [-0.2, 0) is 4.79 Å². The number of hydrogen-bond donors (Lipinski definition) is 1. The van der Waals surface area contributed by atoms with Crippen LogP contribution in [0.25, 0.3) is 10.9 Å². The first-order chi connectivity index (χ1) is 12.7. The second-order valence-corrected chi connectivity index (χ2v) is 7.50. The van der Waals surface area contributed by atoms with Crippen LogP contribution in [0.2, 0.25) is 0 Å². The molecule has 2 amide bonds. The second-order valence-electron chi connectivity index (χ2n) is 7.50. The van der Waals surface area contributed by atoms with Crippen molar-refractivity contribution in [3.05, 3.63) is 41.6 Å². The molecule has 5 heteroatoms. The molecule has 0 bridgehead atoms. The molecule has 1 aromatic heterocycles. The fraction of sp³-hybridized carbons (Fsp3) is 0.476. The molecule has 1 saturated carbocycles. The first-order valence-corrected chi connectivity index (χ1v) is 9.55. The van der Waals surface area contributed by atoms with Crippen molar-refractivity contribution < 1.29 is 9.59 Å². The molecule has 0 spiro atoms. The highest BCUT2D eigenvalue weighted by atomic mass is 16.2. The summed E-state index contributed by atoms with van der Waals surface area (Å²) in [6.45, 7) is 1.44. The Balaban J connectivity index is 1.54. The summed E-state index contributed by atoms with van der Waals surface area (Å²) in [7, 11) is 1.67. The van der Waals surface area contributed by atoms with Crippen molar-refractivity contribution in [2.75, 3.05) is 20.1 Å². The lowest BCUT2D eigenvalue weighted by atomic mass is 9.92. The van der Waals surface area contributed by atoms with Crippen LogP contribution in [0.3, 0.4) is 0 Å². The third-order valence-corrected chi connectivity index (χ3v) is 5.62. The Kier molecular flexibility index (Phi) is 4.62. The lowest BCUT2D eigenvalue weighted by Crippen LogP contribution is -2.39. The predicted molar refractivity (Wildman–Crippen MR) is 101 cm³/mol. The van der Waals surface area contributed by atoms with Gasteiger partial charge >= 0.3 is 0 Å². The van der Waals surface area contributed by atoms with Crippen LogP contribution in [0.4, 0.5) is 0 Å². The van der Waals surface area contributed by atoms with Crippen LogP contribution >= 0.6 is 0 Å². The minimum absolute atomic E-state index is 0.0870. The molecule has 0 radical (unpaired) electrons. The van der Waals surface area contributed by atoms with Gasteiger partial charge in [0.25, 0.3) is 5.91 Å². The number of likely N-dealkylation sites (tertiary alicyclic amines) is 1. The number of aromatic nitrogens is 1. The molecule has 0 atom stereocenters. The van der Waals surface area contributed by atoms with Gasteiger partial charge < -0.3 is 10.2 Å². The third-order valence-electron chi connectivity index (χ3n) is 5.62. The number of carbonyl (C=O) groups excluding carboxylic acids is 2. The van der Waals surface area contributed by atoms with Gasteiger partial charge in [0.2, 0.25) is 5.91 Å². The van der Waals surface area contributed by atoms with E-state index in [0.717, 1.165) is 48.1 Å². The first-order valence-electron chi connectivity index (χ1n) is 9.55. The van der Waals surface area contributed by atoms with Crippen LogP contribution in [0.1, 0.15) is 54.1 Å². The van der Waals surface area contributed by atoms with Gasteiger partial charge in [0.1, 0.15) is 0 Å². The van der Waals surface area contributed by atoms with Gasteiger partial charge in [-0.1, -0.05) is 18.2 Å². The Bertz CT molecular complexity index is 836. The van der Waals surface area contributed by atoms with Crippen molar-refractivity contribution >= 4 is 22.7 Å². The van der Waals surface area contributed by atoms with Crippen molar-refractivity contribution in [2.24, 2.45) is 5.92 Å². The minimum Gasteiger partial charge on any atom is -0.359 e. The molecule has 1 N–H and O–H groups in total. The van der Waals surface area contributed by atoms with Gasteiger partial charge in [-0.05, 0) is 43.7 Å². The Morgan fingerprint density at radius 2 is 1.88 bits per heavy atom. The highest BCUT2D eigenvalue weighted by Crippen LogP contribution is 2.40. The number of para-hydroxylation sites is 1. The number of benzene rings is 1. The maximum Gasteiger partial charge on any atom is 0.254 e. The molecule has 1 aliphatic carbocycles. The van der Waals surface area contributed by atoms with Crippen molar-refractivity contribution in [2.45, 2.75) is 38.0 Å². The van der Waals surface area contributed by atoms with E-state index in [1.807, 2.05) is 35.2 Å². The molecule has 1 saturated heterocycles. The monoisotopic (exact) mass is 351 g/mol. The van der Waals surface area contributed by atoms with Crippen LogP contribution in [-0.4, -0.2) is 41.8 Å². The summed E-state index contributed by atoms with van der Waals surface area (Å²) in [5.74, 6) is 1.08. The minimum atomic E-state index is 0.0870. The summed E-state index contributed by atoms with van der Waals surface area (Å²) in [6, 6.07) is 9.94. The zero-order chi connectivity index (χ0) is 18.1. The van der Waals surface area contributed by atoms with Gasteiger partial charge in [-0.3, -0.25) is 14.6 Å². The number of piperidine rings is 1. The summed E-state index contributed by atoms with van der Waals surface area (Å²) >= 11 is 0.